The number of alkyl carbamates (subject to hydrolysis) is 1. The normalized spacial score (nSPS) is 13.5. The standard InChI is InChI=1S/C14H25NO4/c1-7-14(8-2,9-3)10(11(16)17)15-12(18)19-13(4,5)6/h7,10H,1,8-9H2,2-6H3,(H,15,18)(H,16,17). The molecule has 0 radical (unpaired) electrons. The van der Waals surface area contributed by atoms with Gasteiger partial charge in [-0.3, -0.25) is 0 Å². The van der Waals surface area contributed by atoms with Gasteiger partial charge < -0.3 is 15.2 Å². The average molecular weight is 271 g/mol. The molecule has 0 aromatic carbocycles. The summed E-state index contributed by atoms with van der Waals surface area (Å²) in [7, 11) is 0. The molecule has 5 heteroatoms. The highest BCUT2D eigenvalue weighted by molar-refractivity contribution is 5.81. The van der Waals surface area contributed by atoms with Gasteiger partial charge in [0, 0.05) is 5.41 Å². The molecule has 1 atom stereocenters. The number of carbonyl (C=O) groups excluding carboxylic acids is 1. The van der Waals surface area contributed by atoms with Crippen LogP contribution in [0.4, 0.5) is 4.79 Å². The van der Waals surface area contributed by atoms with Crippen LogP contribution in [0.5, 0.6) is 0 Å². The molecule has 2 N–H and O–H groups in total. The fourth-order valence-electron chi connectivity index (χ4n) is 1.94. The maximum atomic E-state index is 11.7. The number of hydrogen-bond donors (Lipinski definition) is 2. The van der Waals surface area contributed by atoms with Crippen LogP contribution >= 0.6 is 0 Å². The summed E-state index contributed by atoms with van der Waals surface area (Å²) in [6, 6.07) is -1.05. The first-order valence-electron chi connectivity index (χ1n) is 6.47. The van der Waals surface area contributed by atoms with Crippen molar-refractivity contribution in [3.05, 3.63) is 12.7 Å². The van der Waals surface area contributed by atoms with Crippen LogP contribution in [0.25, 0.3) is 0 Å². The molecule has 0 aliphatic rings. The van der Waals surface area contributed by atoms with Gasteiger partial charge in [0.1, 0.15) is 11.6 Å². The van der Waals surface area contributed by atoms with Crippen LogP contribution in [-0.4, -0.2) is 28.8 Å². The number of carboxylic acid groups (broad SMARTS) is 1. The molecule has 19 heavy (non-hydrogen) atoms. The minimum atomic E-state index is -1.09. The van der Waals surface area contributed by atoms with Gasteiger partial charge in [0.2, 0.25) is 0 Å². The van der Waals surface area contributed by atoms with Crippen LogP contribution in [0.2, 0.25) is 0 Å². The van der Waals surface area contributed by atoms with Crippen LogP contribution in [0.15, 0.2) is 12.7 Å². The van der Waals surface area contributed by atoms with Gasteiger partial charge in [-0.2, -0.15) is 0 Å². The Morgan fingerprint density at radius 1 is 1.32 bits per heavy atom. The number of ether oxygens (including phenoxy) is 1. The largest absolute Gasteiger partial charge is 0.480 e. The van der Waals surface area contributed by atoms with E-state index in [4.69, 9.17) is 4.74 Å². The van der Waals surface area contributed by atoms with Gasteiger partial charge in [0.25, 0.3) is 0 Å². The smallest absolute Gasteiger partial charge is 0.408 e. The van der Waals surface area contributed by atoms with Crippen molar-refractivity contribution >= 4 is 12.1 Å². The van der Waals surface area contributed by atoms with Crippen LogP contribution < -0.4 is 5.32 Å². The molecule has 0 spiro atoms. The molecule has 0 aromatic rings. The van der Waals surface area contributed by atoms with Crippen molar-refractivity contribution < 1.29 is 19.4 Å². The summed E-state index contributed by atoms with van der Waals surface area (Å²) in [5, 5.41) is 11.8. The van der Waals surface area contributed by atoms with E-state index in [-0.39, 0.29) is 0 Å². The molecule has 0 bridgehead atoms. The van der Waals surface area contributed by atoms with Crippen LogP contribution in [0, 0.1) is 5.41 Å². The second-order valence-corrected chi connectivity index (χ2v) is 5.56. The Kier molecular flexibility index (Phi) is 6.06. The molecule has 5 nitrogen and oxygen atoms in total. The maximum absolute atomic E-state index is 11.7. The van der Waals surface area contributed by atoms with Gasteiger partial charge in [0.05, 0.1) is 0 Å². The lowest BCUT2D eigenvalue weighted by Crippen LogP contribution is -2.52. The molecular weight excluding hydrogens is 246 g/mol. The van der Waals surface area contributed by atoms with Crippen LogP contribution in [0.3, 0.4) is 0 Å². The molecule has 0 heterocycles. The Morgan fingerprint density at radius 3 is 2.05 bits per heavy atom. The first-order chi connectivity index (χ1) is 8.61. The van der Waals surface area contributed by atoms with Gasteiger partial charge in [-0.25, -0.2) is 9.59 Å². The van der Waals surface area contributed by atoms with E-state index < -0.39 is 29.1 Å². The number of nitrogens with one attached hydrogen (secondary N) is 1. The zero-order valence-corrected chi connectivity index (χ0v) is 12.4. The highest BCUT2D eigenvalue weighted by Crippen LogP contribution is 2.32. The number of rotatable bonds is 6. The summed E-state index contributed by atoms with van der Waals surface area (Å²) < 4.78 is 5.10. The number of carboxylic acids is 1. The Hall–Kier alpha value is -1.52. The lowest BCUT2D eigenvalue weighted by molar-refractivity contribution is -0.142. The summed E-state index contributed by atoms with van der Waals surface area (Å²) in [6.45, 7) is 12.6. The molecule has 1 amide bonds. The zero-order chi connectivity index (χ0) is 15.3. The van der Waals surface area contributed by atoms with Crippen molar-refractivity contribution in [3.63, 3.8) is 0 Å². The predicted molar refractivity (Wildman–Crippen MR) is 74.0 cm³/mol. The first kappa shape index (κ1) is 17.5. The van der Waals surface area contributed by atoms with E-state index in [9.17, 15) is 14.7 Å². The quantitative estimate of drug-likeness (QED) is 0.728. The van der Waals surface area contributed by atoms with Crippen LogP contribution in [-0.2, 0) is 9.53 Å². The molecule has 0 aliphatic carbocycles. The van der Waals surface area contributed by atoms with E-state index in [1.807, 2.05) is 13.8 Å². The second-order valence-electron chi connectivity index (χ2n) is 5.56. The molecule has 0 aromatic heterocycles. The molecule has 1 unspecified atom stereocenters. The van der Waals surface area contributed by atoms with E-state index in [0.717, 1.165) is 0 Å². The summed E-state index contributed by atoms with van der Waals surface area (Å²) in [5.41, 5.74) is -1.34. The Bertz CT molecular complexity index is 340. The minimum absolute atomic E-state index is 0.569. The van der Waals surface area contributed by atoms with Crippen molar-refractivity contribution in [2.75, 3.05) is 0 Å². The second kappa shape index (κ2) is 6.59. The summed E-state index contributed by atoms with van der Waals surface area (Å²) in [6.07, 6.45) is 2.01. The first-order valence-corrected chi connectivity index (χ1v) is 6.47. The monoisotopic (exact) mass is 271 g/mol. The van der Waals surface area contributed by atoms with Crippen molar-refractivity contribution in [2.45, 2.75) is 59.1 Å². The third kappa shape index (κ3) is 4.93. The van der Waals surface area contributed by atoms with Gasteiger partial charge in [0.15, 0.2) is 0 Å². The number of aliphatic carboxylic acids is 1. The SMILES string of the molecule is C=CC(CC)(CC)C(NC(=O)OC(C)(C)C)C(=O)O. The Labute approximate surface area is 115 Å². The zero-order valence-electron chi connectivity index (χ0n) is 12.4. The van der Waals surface area contributed by atoms with Crippen molar-refractivity contribution in [1.82, 2.24) is 5.32 Å². The molecule has 0 fully saturated rings. The maximum Gasteiger partial charge on any atom is 0.408 e. The van der Waals surface area contributed by atoms with E-state index in [1.165, 1.54) is 0 Å². The molecule has 0 saturated carbocycles. The number of amides is 1. The lowest BCUT2D eigenvalue weighted by Gasteiger charge is -2.35. The topological polar surface area (TPSA) is 75.6 Å². The molecular formula is C14H25NO4. The van der Waals surface area contributed by atoms with Crippen molar-refractivity contribution in [2.24, 2.45) is 5.41 Å². The van der Waals surface area contributed by atoms with Crippen molar-refractivity contribution in [3.8, 4) is 0 Å². The highest BCUT2D eigenvalue weighted by Gasteiger charge is 2.40. The van der Waals surface area contributed by atoms with E-state index in [2.05, 4.69) is 11.9 Å². The van der Waals surface area contributed by atoms with Gasteiger partial charge in [-0.1, -0.05) is 19.9 Å². The van der Waals surface area contributed by atoms with E-state index >= 15 is 0 Å². The Morgan fingerprint density at radius 2 is 1.79 bits per heavy atom. The van der Waals surface area contributed by atoms with Crippen LogP contribution in [0.1, 0.15) is 47.5 Å². The predicted octanol–water partition coefficient (Wildman–Crippen LogP) is 2.96. The molecule has 0 rings (SSSR count). The number of carbonyl (C=O) groups is 2. The third-order valence-electron chi connectivity index (χ3n) is 3.21. The van der Waals surface area contributed by atoms with Gasteiger partial charge in [-0.05, 0) is 33.6 Å². The third-order valence-corrected chi connectivity index (χ3v) is 3.21. The van der Waals surface area contributed by atoms with Gasteiger partial charge in [-0.15, -0.1) is 6.58 Å². The molecule has 110 valence electrons. The van der Waals surface area contributed by atoms with E-state index in [0.29, 0.717) is 12.8 Å². The molecule has 0 aliphatic heterocycles. The summed E-state index contributed by atoms with van der Waals surface area (Å²) in [4.78, 5) is 23.1. The van der Waals surface area contributed by atoms with Gasteiger partial charge >= 0.3 is 12.1 Å². The summed E-state index contributed by atoms with van der Waals surface area (Å²) in [5.74, 6) is -1.09. The fraction of sp³-hybridized carbons (Fsp3) is 0.714. The minimum Gasteiger partial charge on any atom is -0.480 e. The van der Waals surface area contributed by atoms with Crippen molar-refractivity contribution in [1.29, 1.82) is 0 Å². The molecule has 0 saturated heterocycles. The highest BCUT2D eigenvalue weighted by atomic mass is 16.6. The van der Waals surface area contributed by atoms with E-state index in [1.54, 1.807) is 26.8 Å². The fourth-order valence-corrected chi connectivity index (χ4v) is 1.94. The lowest BCUT2D eigenvalue weighted by atomic mass is 9.75. The Balaban J connectivity index is 5.09. The average Bonchev–Trinajstić information content (AvgIpc) is 2.28. The number of hydrogen-bond acceptors (Lipinski definition) is 3. The summed E-state index contributed by atoms with van der Waals surface area (Å²) >= 11 is 0.